The summed E-state index contributed by atoms with van der Waals surface area (Å²) in [4.78, 5) is 38.1. The van der Waals surface area contributed by atoms with Crippen LogP contribution in [0.25, 0.3) is 0 Å². The van der Waals surface area contributed by atoms with E-state index in [4.69, 9.17) is 30.1 Å². The van der Waals surface area contributed by atoms with Crippen LogP contribution in [-0.2, 0) is 19.1 Å². The molecule has 13 nitrogen and oxygen atoms in total. The fraction of sp³-hybridized carbons (Fsp3) is 0.382. The molecule has 0 amide bonds. The van der Waals surface area contributed by atoms with Gasteiger partial charge in [0.25, 0.3) is 5.88 Å². The Morgan fingerprint density at radius 3 is 2.55 bits per heavy atom. The first-order chi connectivity index (χ1) is 23.4. The van der Waals surface area contributed by atoms with Crippen LogP contribution in [0, 0.1) is 23.0 Å². The van der Waals surface area contributed by atoms with Crippen LogP contribution in [0.3, 0.4) is 0 Å². The number of hydrogen-bond donors (Lipinski definition) is 3. The van der Waals surface area contributed by atoms with Gasteiger partial charge in [-0.15, -0.1) is 0 Å². The predicted molar refractivity (Wildman–Crippen MR) is 176 cm³/mol. The van der Waals surface area contributed by atoms with Gasteiger partial charge < -0.3 is 39.6 Å². The van der Waals surface area contributed by atoms with E-state index in [-0.39, 0.29) is 48.5 Å². The van der Waals surface area contributed by atoms with Gasteiger partial charge in [0, 0.05) is 31.9 Å². The Morgan fingerprint density at radius 1 is 1.12 bits per heavy atom. The molecule has 1 saturated carbocycles. The number of halogens is 2. The van der Waals surface area contributed by atoms with Gasteiger partial charge in [-0.25, -0.2) is 14.2 Å². The lowest BCUT2D eigenvalue weighted by Gasteiger charge is -2.38. The van der Waals surface area contributed by atoms with Gasteiger partial charge >= 0.3 is 11.9 Å². The van der Waals surface area contributed by atoms with Gasteiger partial charge in [-0.3, -0.25) is 15.2 Å². The number of anilines is 1. The molecule has 1 aliphatic carbocycles. The minimum Gasteiger partial charge on any atom is -0.504 e. The van der Waals surface area contributed by atoms with Crippen molar-refractivity contribution in [3.8, 4) is 28.9 Å². The Morgan fingerprint density at radius 2 is 1.88 bits per heavy atom. The number of phenolic OH excluding ortho intramolecular Hbond substituents is 1. The van der Waals surface area contributed by atoms with Crippen LogP contribution in [0.1, 0.15) is 44.2 Å². The summed E-state index contributed by atoms with van der Waals surface area (Å²) in [5.41, 5.74) is 5.46. The molecule has 2 unspecified atom stereocenters. The number of carbonyl (C=O) groups excluding carboxylic acids is 2. The highest BCUT2D eigenvalue weighted by Crippen LogP contribution is 2.44. The van der Waals surface area contributed by atoms with Crippen molar-refractivity contribution in [2.24, 2.45) is 16.6 Å². The van der Waals surface area contributed by atoms with Crippen LogP contribution < -0.4 is 20.1 Å². The van der Waals surface area contributed by atoms with Crippen LogP contribution >= 0.6 is 0 Å². The lowest BCUT2D eigenvalue weighted by molar-refractivity contribution is -0.150. The number of benzene rings is 2. The molecule has 2 atom stereocenters. The van der Waals surface area contributed by atoms with Crippen molar-refractivity contribution < 1.29 is 42.4 Å². The Hall–Kier alpha value is -5.47. The average molecular weight is 681 g/mol. The number of likely N-dealkylation sites (N-methyl/N-ethyl adjacent to an activating group) is 2. The second-order valence-electron chi connectivity index (χ2n) is 11.7. The lowest BCUT2D eigenvalue weighted by atomic mass is 9.92. The highest BCUT2D eigenvalue weighted by Gasteiger charge is 2.52. The Bertz CT molecular complexity index is 1800. The molecule has 49 heavy (non-hydrogen) atoms. The first kappa shape index (κ1) is 34.9. The maximum atomic E-state index is 15.8. The molecule has 1 aromatic heterocycles. The lowest BCUT2D eigenvalue weighted by Crippen LogP contribution is -2.52. The largest absolute Gasteiger partial charge is 0.504 e. The summed E-state index contributed by atoms with van der Waals surface area (Å²) in [5, 5.41) is 17.9. The SMILES string of the molecule is CCOC(=O)C1CCC(C(=O)OCC)(N(C)c2ccc(Oc3c(F)cnc(Oc4cc(C(=N)N)ccc4O)c3F)c(C3=NCCN3C)c2)C1. The molecule has 0 spiro atoms. The molecule has 1 aliphatic heterocycles. The van der Waals surface area contributed by atoms with E-state index < -0.39 is 46.4 Å². The molecule has 4 N–H and O–H groups in total. The topological polar surface area (TPSA) is 173 Å². The first-order valence-corrected chi connectivity index (χ1v) is 15.7. The third kappa shape index (κ3) is 6.91. The number of aromatic hydroxyl groups is 1. The molecular weight excluding hydrogens is 642 g/mol. The quantitative estimate of drug-likeness (QED) is 0.137. The fourth-order valence-electron chi connectivity index (χ4n) is 6.01. The number of carbonyl (C=O) groups is 2. The van der Waals surface area contributed by atoms with Crippen LogP contribution in [0.5, 0.6) is 28.9 Å². The molecule has 15 heteroatoms. The molecular formula is C34H38F2N6O7. The predicted octanol–water partition coefficient (Wildman–Crippen LogP) is 4.73. The number of nitrogens with zero attached hydrogens (tertiary/aromatic N) is 4. The van der Waals surface area contributed by atoms with Gasteiger partial charge in [0.15, 0.2) is 17.3 Å². The van der Waals surface area contributed by atoms with Gasteiger partial charge in [-0.05, 0) is 69.5 Å². The number of aliphatic imine (C=N–C) groups is 1. The molecule has 0 bridgehead atoms. The van der Waals surface area contributed by atoms with E-state index in [9.17, 15) is 14.7 Å². The Balaban J connectivity index is 1.53. The van der Waals surface area contributed by atoms with Gasteiger partial charge in [0.2, 0.25) is 11.6 Å². The molecule has 2 heterocycles. The number of rotatable bonds is 12. The molecule has 1 fully saturated rings. The number of phenols is 1. The maximum Gasteiger partial charge on any atom is 0.331 e. The molecule has 0 radical (unpaired) electrons. The summed E-state index contributed by atoms with van der Waals surface area (Å²) in [6.07, 6.45) is 1.65. The van der Waals surface area contributed by atoms with E-state index in [1.807, 2.05) is 11.9 Å². The van der Waals surface area contributed by atoms with Crippen molar-refractivity contribution >= 4 is 29.3 Å². The third-order valence-electron chi connectivity index (χ3n) is 8.65. The molecule has 2 aliphatic rings. The number of aromatic nitrogens is 1. The normalized spacial score (nSPS) is 18.5. The molecule has 3 aromatic rings. The van der Waals surface area contributed by atoms with Crippen LogP contribution in [0.15, 0.2) is 47.6 Å². The number of pyridine rings is 1. The number of nitrogen functional groups attached to an aromatic ring is 1. The average Bonchev–Trinajstić information content (AvgIpc) is 3.73. The van der Waals surface area contributed by atoms with Crippen molar-refractivity contribution in [1.82, 2.24) is 9.88 Å². The maximum absolute atomic E-state index is 15.8. The molecule has 2 aromatic carbocycles. The minimum absolute atomic E-state index is 0.0435. The zero-order valence-electron chi connectivity index (χ0n) is 27.6. The standard InChI is InChI=1S/C34H38F2N6O7/c1-5-46-32(44)20-11-12-34(17-20,33(45)47-6-2)42(4)21-8-10-25(22(16-21)30-39-13-14-41(30)3)48-28-23(35)18-40-31(27(28)36)49-26-15-19(29(37)38)7-9-24(26)43/h7-10,15-16,18,20,43H,5-6,11-14,17H2,1-4H3,(H3,37,38). The molecule has 260 valence electrons. The number of nitrogens with two attached hydrogens (primary N) is 1. The fourth-order valence-corrected chi connectivity index (χ4v) is 6.01. The van der Waals surface area contributed by atoms with E-state index in [1.165, 1.54) is 24.3 Å². The van der Waals surface area contributed by atoms with Crippen molar-refractivity contribution in [2.45, 2.75) is 38.6 Å². The first-order valence-electron chi connectivity index (χ1n) is 15.7. The number of hydrogen-bond acceptors (Lipinski definition) is 12. The Labute approximate surface area is 281 Å². The molecule has 5 rings (SSSR count). The highest BCUT2D eigenvalue weighted by atomic mass is 19.1. The van der Waals surface area contributed by atoms with Gasteiger partial charge in [0.1, 0.15) is 23.0 Å². The van der Waals surface area contributed by atoms with Crippen molar-refractivity contribution in [2.75, 3.05) is 45.3 Å². The summed E-state index contributed by atoms with van der Waals surface area (Å²) < 4.78 is 53.1. The van der Waals surface area contributed by atoms with E-state index in [2.05, 4.69) is 9.98 Å². The summed E-state index contributed by atoms with van der Waals surface area (Å²) in [6, 6.07) is 8.64. The minimum atomic E-state index is -1.29. The zero-order chi connectivity index (χ0) is 35.5. The number of esters is 2. The number of amidine groups is 2. The van der Waals surface area contributed by atoms with E-state index >= 15 is 8.78 Å². The van der Waals surface area contributed by atoms with Gasteiger partial charge in [-0.2, -0.15) is 4.39 Å². The number of nitrogens with one attached hydrogen (secondary N) is 1. The summed E-state index contributed by atoms with van der Waals surface area (Å²) in [5.74, 6) is -5.74. The summed E-state index contributed by atoms with van der Waals surface area (Å²) in [6.45, 7) is 4.86. The van der Waals surface area contributed by atoms with Crippen molar-refractivity contribution in [3.63, 3.8) is 0 Å². The second kappa shape index (κ2) is 14.3. The summed E-state index contributed by atoms with van der Waals surface area (Å²) >= 11 is 0. The summed E-state index contributed by atoms with van der Waals surface area (Å²) in [7, 11) is 3.54. The monoisotopic (exact) mass is 680 g/mol. The third-order valence-corrected chi connectivity index (χ3v) is 8.65. The second-order valence-corrected chi connectivity index (χ2v) is 11.7. The smallest absolute Gasteiger partial charge is 0.331 e. The van der Waals surface area contributed by atoms with E-state index in [0.717, 1.165) is 0 Å². The van der Waals surface area contributed by atoms with E-state index in [0.29, 0.717) is 49.2 Å². The number of ether oxygens (including phenoxy) is 4. The molecule has 0 saturated heterocycles. The van der Waals surface area contributed by atoms with Crippen molar-refractivity contribution in [1.29, 1.82) is 5.41 Å². The van der Waals surface area contributed by atoms with Crippen LogP contribution in [-0.4, -0.2) is 84.5 Å². The van der Waals surface area contributed by atoms with Gasteiger partial charge in [0.05, 0.1) is 37.4 Å². The Kier molecular flexibility index (Phi) is 10.2. The van der Waals surface area contributed by atoms with E-state index in [1.54, 1.807) is 37.9 Å². The van der Waals surface area contributed by atoms with Crippen LogP contribution in [0.2, 0.25) is 0 Å². The zero-order valence-corrected chi connectivity index (χ0v) is 27.6. The van der Waals surface area contributed by atoms with Gasteiger partial charge in [-0.1, -0.05) is 0 Å². The van der Waals surface area contributed by atoms with Crippen LogP contribution in [0.4, 0.5) is 14.5 Å². The highest BCUT2D eigenvalue weighted by molar-refractivity contribution is 6.03. The van der Waals surface area contributed by atoms with Crippen molar-refractivity contribution in [3.05, 3.63) is 65.4 Å².